The summed E-state index contributed by atoms with van der Waals surface area (Å²) in [6, 6.07) is 0. The molecular formula is C13H26N2. The molecule has 0 saturated carbocycles. The van der Waals surface area contributed by atoms with Gasteiger partial charge in [-0.1, -0.05) is 39.5 Å². The fourth-order valence-corrected chi connectivity index (χ4v) is 2.02. The van der Waals surface area contributed by atoms with Crippen LogP contribution in [0.3, 0.4) is 0 Å². The molecule has 0 fully saturated rings. The van der Waals surface area contributed by atoms with Gasteiger partial charge in [0.2, 0.25) is 0 Å². The zero-order valence-electron chi connectivity index (χ0n) is 10.5. The molecule has 0 aliphatic carbocycles. The fourth-order valence-electron chi connectivity index (χ4n) is 2.02. The SMILES string of the molecule is CCCCCC1=NN(CCCCC)CC1. The van der Waals surface area contributed by atoms with Crippen molar-refractivity contribution in [2.24, 2.45) is 5.10 Å². The maximum absolute atomic E-state index is 4.68. The monoisotopic (exact) mass is 210 g/mol. The molecule has 1 rings (SSSR count). The number of unbranched alkanes of at least 4 members (excludes halogenated alkanes) is 4. The van der Waals surface area contributed by atoms with Gasteiger partial charge in [-0.3, -0.25) is 5.01 Å². The highest BCUT2D eigenvalue weighted by Gasteiger charge is 2.12. The third-order valence-corrected chi connectivity index (χ3v) is 3.03. The normalized spacial score (nSPS) is 15.9. The Labute approximate surface area is 94.7 Å². The lowest BCUT2D eigenvalue weighted by molar-refractivity contribution is 0.310. The molecule has 88 valence electrons. The first-order valence-electron chi connectivity index (χ1n) is 6.68. The van der Waals surface area contributed by atoms with Crippen LogP contribution in [0, 0.1) is 0 Å². The highest BCUT2D eigenvalue weighted by molar-refractivity contribution is 5.85. The van der Waals surface area contributed by atoms with Crippen LogP contribution in [0.5, 0.6) is 0 Å². The Morgan fingerprint density at radius 2 is 1.80 bits per heavy atom. The molecule has 0 bridgehead atoms. The molecule has 0 amide bonds. The Bertz CT molecular complexity index is 187. The summed E-state index contributed by atoms with van der Waals surface area (Å²) in [6.45, 7) is 6.85. The molecule has 1 heterocycles. The highest BCUT2D eigenvalue weighted by atomic mass is 15.5. The van der Waals surface area contributed by atoms with Crippen molar-refractivity contribution in [2.45, 2.75) is 65.2 Å². The molecule has 0 aromatic rings. The molecule has 0 N–H and O–H groups in total. The van der Waals surface area contributed by atoms with Gasteiger partial charge in [0, 0.05) is 25.2 Å². The molecule has 2 heteroatoms. The van der Waals surface area contributed by atoms with Gasteiger partial charge in [-0.2, -0.15) is 5.10 Å². The summed E-state index contributed by atoms with van der Waals surface area (Å²) >= 11 is 0. The predicted octanol–water partition coefficient (Wildman–Crippen LogP) is 3.82. The number of hydrogen-bond donors (Lipinski definition) is 0. The maximum Gasteiger partial charge on any atom is 0.0413 e. The largest absolute Gasteiger partial charge is 0.297 e. The Kier molecular flexibility index (Phi) is 6.45. The first-order valence-corrected chi connectivity index (χ1v) is 6.68. The molecule has 0 spiro atoms. The van der Waals surface area contributed by atoms with Crippen LogP contribution in [0.15, 0.2) is 5.10 Å². The zero-order valence-corrected chi connectivity index (χ0v) is 10.5. The van der Waals surface area contributed by atoms with E-state index in [1.54, 1.807) is 0 Å². The lowest BCUT2D eigenvalue weighted by atomic mass is 10.1. The smallest absolute Gasteiger partial charge is 0.0413 e. The van der Waals surface area contributed by atoms with Gasteiger partial charge in [-0.15, -0.1) is 0 Å². The van der Waals surface area contributed by atoms with Crippen LogP contribution in [-0.4, -0.2) is 23.8 Å². The molecular weight excluding hydrogens is 184 g/mol. The van der Waals surface area contributed by atoms with Crippen LogP contribution in [0.2, 0.25) is 0 Å². The lowest BCUT2D eigenvalue weighted by Gasteiger charge is -2.12. The van der Waals surface area contributed by atoms with Crippen molar-refractivity contribution in [2.75, 3.05) is 13.1 Å². The Balaban J connectivity index is 2.10. The van der Waals surface area contributed by atoms with Crippen LogP contribution >= 0.6 is 0 Å². The van der Waals surface area contributed by atoms with Gasteiger partial charge in [-0.25, -0.2) is 0 Å². The van der Waals surface area contributed by atoms with Crippen molar-refractivity contribution < 1.29 is 0 Å². The first kappa shape index (κ1) is 12.5. The molecule has 0 unspecified atom stereocenters. The molecule has 0 radical (unpaired) electrons. The molecule has 1 aliphatic rings. The summed E-state index contributed by atoms with van der Waals surface area (Å²) in [4.78, 5) is 0. The van der Waals surface area contributed by atoms with Gasteiger partial charge in [0.25, 0.3) is 0 Å². The summed E-state index contributed by atoms with van der Waals surface area (Å²) in [7, 11) is 0. The molecule has 2 nitrogen and oxygen atoms in total. The quantitative estimate of drug-likeness (QED) is 0.556. The van der Waals surface area contributed by atoms with Crippen LogP contribution < -0.4 is 0 Å². The maximum atomic E-state index is 4.68. The Hall–Kier alpha value is -0.530. The van der Waals surface area contributed by atoms with Gasteiger partial charge in [0.05, 0.1) is 0 Å². The van der Waals surface area contributed by atoms with E-state index in [-0.39, 0.29) is 0 Å². The molecule has 1 aliphatic heterocycles. The van der Waals surface area contributed by atoms with Crippen molar-refractivity contribution in [3.05, 3.63) is 0 Å². The predicted molar refractivity (Wildman–Crippen MR) is 67.3 cm³/mol. The van der Waals surface area contributed by atoms with E-state index < -0.39 is 0 Å². The van der Waals surface area contributed by atoms with Gasteiger partial charge >= 0.3 is 0 Å². The van der Waals surface area contributed by atoms with E-state index in [0.29, 0.717) is 0 Å². The van der Waals surface area contributed by atoms with Crippen molar-refractivity contribution >= 4 is 5.71 Å². The van der Waals surface area contributed by atoms with E-state index in [2.05, 4.69) is 24.0 Å². The van der Waals surface area contributed by atoms with Crippen LogP contribution in [0.4, 0.5) is 0 Å². The minimum absolute atomic E-state index is 1.17. The summed E-state index contributed by atoms with van der Waals surface area (Å²) in [5, 5.41) is 6.96. The molecule has 0 saturated heterocycles. The minimum Gasteiger partial charge on any atom is -0.297 e. The highest BCUT2D eigenvalue weighted by Crippen LogP contribution is 2.12. The second-order valence-electron chi connectivity index (χ2n) is 4.53. The second-order valence-corrected chi connectivity index (χ2v) is 4.53. The zero-order chi connectivity index (χ0) is 10.9. The third-order valence-electron chi connectivity index (χ3n) is 3.03. The van der Waals surface area contributed by atoms with Gasteiger partial charge in [-0.05, 0) is 19.3 Å². The van der Waals surface area contributed by atoms with Crippen molar-refractivity contribution in [3.8, 4) is 0 Å². The van der Waals surface area contributed by atoms with E-state index >= 15 is 0 Å². The number of hydrogen-bond acceptors (Lipinski definition) is 2. The number of nitrogens with zero attached hydrogens (tertiary/aromatic N) is 2. The van der Waals surface area contributed by atoms with E-state index in [1.807, 2.05) is 0 Å². The van der Waals surface area contributed by atoms with Crippen LogP contribution in [0.1, 0.15) is 65.2 Å². The second kappa shape index (κ2) is 7.72. The van der Waals surface area contributed by atoms with E-state index in [4.69, 9.17) is 0 Å². The molecule has 0 atom stereocenters. The number of rotatable bonds is 8. The van der Waals surface area contributed by atoms with Crippen molar-refractivity contribution in [1.82, 2.24) is 5.01 Å². The molecule has 15 heavy (non-hydrogen) atoms. The lowest BCUT2D eigenvalue weighted by Crippen LogP contribution is -2.15. The minimum atomic E-state index is 1.17. The summed E-state index contributed by atoms with van der Waals surface area (Å²) in [5.74, 6) is 0. The topological polar surface area (TPSA) is 15.6 Å². The van der Waals surface area contributed by atoms with E-state index in [0.717, 1.165) is 0 Å². The third kappa shape index (κ3) is 5.19. The summed E-state index contributed by atoms with van der Waals surface area (Å²) in [5.41, 5.74) is 1.44. The van der Waals surface area contributed by atoms with E-state index in [1.165, 1.54) is 70.2 Å². The average molecular weight is 210 g/mol. The Morgan fingerprint density at radius 1 is 1.07 bits per heavy atom. The van der Waals surface area contributed by atoms with E-state index in [9.17, 15) is 0 Å². The standard InChI is InChI=1S/C13H26N2/c1-3-5-7-9-13-10-12-15(14-13)11-8-6-4-2/h3-12H2,1-2H3. The van der Waals surface area contributed by atoms with Crippen LogP contribution in [0.25, 0.3) is 0 Å². The van der Waals surface area contributed by atoms with Crippen LogP contribution in [-0.2, 0) is 0 Å². The van der Waals surface area contributed by atoms with Gasteiger partial charge in [0.15, 0.2) is 0 Å². The summed E-state index contributed by atoms with van der Waals surface area (Å²) < 4.78 is 0. The number of hydrazone groups is 1. The summed E-state index contributed by atoms with van der Waals surface area (Å²) in [6.07, 6.45) is 10.4. The first-order chi connectivity index (χ1) is 7.36. The van der Waals surface area contributed by atoms with Crippen molar-refractivity contribution in [1.29, 1.82) is 0 Å². The molecule has 0 aromatic heterocycles. The fraction of sp³-hybridized carbons (Fsp3) is 0.923. The van der Waals surface area contributed by atoms with Gasteiger partial charge < -0.3 is 0 Å². The van der Waals surface area contributed by atoms with Gasteiger partial charge in [0.1, 0.15) is 0 Å². The molecule has 0 aromatic carbocycles. The van der Waals surface area contributed by atoms with Crippen molar-refractivity contribution in [3.63, 3.8) is 0 Å². The average Bonchev–Trinajstić information content (AvgIpc) is 2.67. The Morgan fingerprint density at radius 3 is 2.53 bits per heavy atom.